The molecular formula is C7H10N3O2. The fourth-order valence-electron chi connectivity index (χ4n) is 0.627. The van der Waals surface area contributed by atoms with E-state index in [9.17, 15) is 4.79 Å². The molecule has 0 saturated carbocycles. The van der Waals surface area contributed by atoms with Crippen molar-refractivity contribution >= 4 is 5.91 Å². The van der Waals surface area contributed by atoms with E-state index in [1.54, 1.807) is 7.05 Å². The van der Waals surface area contributed by atoms with Crippen LogP contribution in [0, 0.1) is 6.39 Å². The lowest BCUT2D eigenvalue weighted by atomic mass is 10.3. The number of hydrogen-bond acceptors (Lipinski definition) is 4. The maximum Gasteiger partial charge on any atom is 0.316 e. The second kappa shape index (κ2) is 3.34. The average Bonchev–Trinajstić information content (AvgIpc) is 2.53. The average molecular weight is 168 g/mol. The Morgan fingerprint density at radius 1 is 1.67 bits per heavy atom. The Bertz CT molecular complexity index is 256. The fourth-order valence-corrected chi connectivity index (χ4v) is 0.627. The van der Waals surface area contributed by atoms with E-state index in [4.69, 9.17) is 0 Å². The Kier molecular flexibility index (Phi) is 2.42. The lowest BCUT2D eigenvalue weighted by Gasteiger charge is -2.18. The minimum absolute atomic E-state index is 0.0474. The zero-order chi connectivity index (χ0) is 9.14. The number of rotatable bonds is 2. The first-order valence-corrected chi connectivity index (χ1v) is 3.60. The van der Waals surface area contributed by atoms with Gasteiger partial charge in [0.2, 0.25) is 0 Å². The van der Waals surface area contributed by atoms with Gasteiger partial charge in [-0.15, -0.1) is 0 Å². The minimum atomic E-state index is -0.255. The smallest absolute Gasteiger partial charge is 0.316 e. The maximum absolute atomic E-state index is 11.4. The van der Waals surface area contributed by atoms with Crippen LogP contribution in [-0.2, 0) is 0 Å². The zero-order valence-electron chi connectivity index (χ0n) is 7.24. The van der Waals surface area contributed by atoms with Crippen LogP contribution in [0.2, 0.25) is 0 Å². The molecule has 1 aromatic heterocycles. The molecule has 1 amide bonds. The summed E-state index contributed by atoms with van der Waals surface area (Å²) in [5.41, 5.74) is 0. The maximum atomic E-state index is 11.4. The number of hydrogen-bond donors (Lipinski definition) is 0. The van der Waals surface area contributed by atoms with Crippen molar-refractivity contribution in [2.75, 3.05) is 7.05 Å². The van der Waals surface area contributed by atoms with Crippen molar-refractivity contribution in [3.05, 3.63) is 12.2 Å². The number of carbonyl (C=O) groups is 1. The monoisotopic (exact) mass is 168 g/mol. The van der Waals surface area contributed by atoms with E-state index < -0.39 is 0 Å². The third kappa shape index (κ3) is 1.61. The van der Waals surface area contributed by atoms with Crippen molar-refractivity contribution in [3.8, 4) is 0 Å². The highest BCUT2D eigenvalue weighted by molar-refractivity contribution is 5.90. The fraction of sp³-hybridized carbons (Fsp3) is 0.571. The summed E-state index contributed by atoms with van der Waals surface area (Å²) in [6, 6.07) is 0.121. The molecule has 0 aromatic carbocycles. The largest absolute Gasteiger partial charge is 0.336 e. The molecule has 1 heterocycles. The molecule has 1 aromatic rings. The van der Waals surface area contributed by atoms with Gasteiger partial charge in [0, 0.05) is 13.1 Å². The lowest BCUT2D eigenvalue weighted by molar-refractivity contribution is 0.0739. The summed E-state index contributed by atoms with van der Waals surface area (Å²) in [5, 5.41) is 3.39. The van der Waals surface area contributed by atoms with Gasteiger partial charge in [0.25, 0.3) is 11.7 Å². The normalized spacial score (nSPS) is 10.3. The molecule has 5 heteroatoms. The second-order valence-electron chi connectivity index (χ2n) is 2.72. The van der Waals surface area contributed by atoms with Gasteiger partial charge in [-0.3, -0.25) is 4.79 Å². The van der Waals surface area contributed by atoms with Crippen LogP contribution in [0.1, 0.15) is 24.5 Å². The van der Waals surface area contributed by atoms with Gasteiger partial charge in [-0.1, -0.05) is 5.16 Å². The SMILES string of the molecule is CC(C)N(C)C(=O)c1n[c]on1. The molecule has 0 unspecified atom stereocenters. The van der Waals surface area contributed by atoms with E-state index in [1.165, 1.54) is 4.90 Å². The highest BCUT2D eigenvalue weighted by Crippen LogP contribution is 2.00. The molecule has 0 atom stereocenters. The van der Waals surface area contributed by atoms with Crippen molar-refractivity contribution in [2.45, 2.75) is 19.9 Å². The van der Waals surface area contributed by atoms with Crippen LogP contribution in [0.15, 0.2) is 4.52 Å². The molecule has 1 radical (unpaired) electrons. The van der Waals surface area contributed by atoms with Crippen molar-refractivity contribution in [1.82, 2.24) is 15.0 Å². The van der Waals surface area contributed by atoms with Crippen LogP contribution >= 0.6 is 0 Å². The Morgan fingerprint density at radius 3 is 2.75 bits per heavy atom. The number of nitrogens with zero attached hydrogens (tertiary/aromatic N) is 3. The Balaban J connectivity index is 2.72. The number of amides is 1. The number of carbonyl (C=O) groups excluding carboxylic acids is 1. The molecule has 0 aliphatic heterocycles. The molecule has 0 fully saturated rings. The van der Waals surface area contributed by atoms with Crippen LogP contribution in [0.4, 0.5) is 0 Å². The zero-order valence-corrected chi connectivity index (χ0v) is 7.24. The first kappa shape index (κ1) is 8.70. The van der Waals surface area contributed by atoms with Gasteiger partial charge >= 0.3 is 6.39 Å². The molecule has 0 bridgehead atoms. The van der Waals surface area contributed by atoms with Crippen molar-refractivity contribution < 1.29 is 9.32 Å². The summed E-state index contributed by atoms with van der Waals surface area (Å²) in [4.78, 5) is 16.4. The Hall–Kier alpha value is -1.39. The molecule has 12 heavy (non-hydrogen) atoms. The van der Waals surface area contributed by atoms with Gasteiger partial charge in [0.15, 0.2) is 0 Å². The molecule has 0 N–H and O–H groups in total. The summed E-state index contributed by atoms with van der Waals surface area (Å²) >= 11 is 0. The quantitative estimate of drug-likeness (QED) is 0.639. The summed E-state index contributed by atoms with van der Waals surface area (Å²) in [6.07, 6.45) is 2.12. The molecular weight excluding hydrogens is 158 g/mol. The summed E-state index contributed by atoms with van der Waals surface area (Å²) in [7, 11) is 1.68. The predicted molar refractivity (Wildman–Crippen MR) is 40.4 cm³/mol. The van der Waals surface area contributed by atoms with Gasteiger partial charge in [-0.05, 0) is 13.8 Å². The second-order valence-corrected chi connectivity index (χ2v) is 2.72. The van der Waals surface area contributed by atoms with Crippen LogP contribution in [-0.4, -0.2) is 34.0 Å². The van der Waals surface area contributed by atoms with E-state index in [-0.39, 0.29) is 17.8 Å². The lowest BCUT2D eigenvalue weighted by Crippen LogP contribution is -2.33. The van der Waals surface area contributed by atoms with E-state index in [1.807, 2.05) is 13.8 Å². The molecule has 1 rings (SSSR count). The van der Waals surface area contributed by atoms with E-state index in [2.05, 4.69) is 21.1 Å². The summed E-state index contributed by atoms with van der Waals surface area (Å²) < 4.78 is 4.33. The topological polar surface area (TPSA) is 59.2 Å². The van der Waals surface area contributed by atoms with Gasteiger partial charge in [-0.25, -0.2) is 0 Å². The highest BCUT2D eigenvalue weighted by Gasteiger charge is 2.18. The van der Waals surface area contributed by atoms with E-state index >= 15 is 0 Å². The van der Waals surface area contributed by atoms with Crippen molar-refractivity contribution in [3.63, 3.8) is 0 Å². The highest BCUT2D eigenvalue weighted by atomic mass is 16.5. The first-order valence-electron chi connectivity index (χ1n) is 3.60. The van der Waals surface area contributed by atoms with Gasteiger partial charge in [0.1, 0.15) is 0 Å². The van der Waals surface area contributed by atoms with Crippen LogP contribution in [0.5, 0.6) is 0 Å². The Labute approximate surface area is 70.4 Å². The third-order valence-corrected chi connectivity index (χ3v) is 1.61. The van der Waals surface area contributed by atoms with Crippen LogP contribution in [0.25, 0.3) is 0 Å². The van der Waals surface area contributed by atoms with Gasteiger partial charge < -0.3 is 9.42 Å². The van der Waals surface area contributed by atoms with E-state index in [0.717, 1.165) is 0 Å². The van der Waals surface area contributed by atoms with Crippen molar-refractivity contribution in [2.24, 2.45) is 0 Å². The summed E-state index contributed by atoms with van der Waals surface area (Å²) in [6.45, 7) is 3.81. The van der Waals surface area contributed by atoms with Crippen molar-refractivity contribution in [1.29, 1.82) is 0 Å². The van der Waals surface area contributed by atoms with Crippen LogP contribution in [0.3, 0.4) is 0 Å². The molecule has 0 aliphatic carbocycles. The third-order valence-electron chi connectivity index (χ3n) is 1.61. The van der Waals surface area contributed by atoms with Gasteiger partial charge in [-0.2, -0.15) is 4.98 Å². The minimum Gasteiger partial charge on any atom is -0.336 e. The molecule has 65 valence electrons. The predicted octanol–water partition coefficient (Wildman–Crippen LogP) is 0.350. The first-order chi connectivity index (χ1) is 5.63. The van der Waals surface area contributed by atoms with Gasteiger partial charge in [0.05, 0.1) is 0 Å². The van der Waals surface area contributed by atoms with E-state index in [0.29, 0.717) is 0 Å². The summed E-state index contributed by atoms with van der Waals surface area (Å²) in [5.74, 6) is -0.207. The standard InChI is InChI=1S/C7H10N3O2/c1-5(2)10(3)7(11)6-8-4-12-9-6/h5H,1-3H3. The Morgan fingerprint density at radius 2 is 2.33 bits per heavy atom. The molecule has 0 spiro atoms. The molecule has 5 nitrogen and oxygen atoms in total. The molecule has 0 aliphatic rings. The number of aromatic nitrogens is 2. The van der Waals surface area contributed by atoms with Crippen LogP contribution < -0.4 is 0 Å². The molecule has 0 saturated heterocycles.